The van der Waals surface area contributed by atoms with Gasteiger partial charge in [-0.3, -0.25) is 0 Å². The number of nitrogens with two attached hydrogens (primary N) is 1. The van der Waals surface area contributed by atoms with Gasteiger partial charge in [0, 0.05) is 5.56 Å². The molecule has 0 aliphatic rings. The van der Waals surface area contributed by atoms with Crippen molar-refractivity contribution >= 4 is 0 Å². The van der Waals surface area contributed by atoms with Crippen LogP contribution in [-0.2, 0) is 0 Å². The van der Waals surface area contributed by atoms with Crippen LogP contribution in [-0.4, -0.2) is 10.1 Å². The number of hydrogen-bond donors (Lipinski definition) is 1. The Bertz CT molecular complexity index is 484. The zero-order valence-corrected chi connectivity index (χ0v) is 8.85. The van der Waals surface area contributed by atoms with Crippen molar-refractivity contribution in [2.24, 2.45) is 5.73 Å². The lowest BCUT2D eigenvalue weighted by atomic mass is 10.2. The van der Waals surface area contributed by atoms with Crippen molar-refractivity contribution in [2.45, 2.75) is 19.4 Å². The minimum absolute atomic E-state index is 0.244. The summed E-state index contributed by atoms with van der Waals surface area (Å²) in [6.07, 6.45) is 0.724. The molecule has 2 aromatic rings. The molecule has 0 saturated heterocycles. The fourth-order valence-corrected chi connectivity index (χ4v) is 1.31. The predicted octanol–water partition coefficient (Wildman–Crippen LogP) is 2.29. The molecule has 1 aromatic heterocycles. The summed E-state index contributed by atoms with van der Waals surface area (Å²) in [7, 11) is 0. The highest BCUT2D eigenvalue weighted by Gasteiger charge is 2.13. The van der Waals surface area contributed by atoms with Gasteiger partial charge in [0.25, 0.3) is 5.89 Å². The molecule has 1 heterocycles. The second-order valence-corrected chi connectivity index (χ2v) is 3.48. The van der Waals surface area contributed by atoms with E-state index >= 15 is 0 Å². The molecule has 0 radical (unpaired) electrons. The average Bonchev–Trinajstić information content (AvgIpc) is 2.77. The molecule has 16 heavy (non-hydrogen) atoms. The first-order valence-electron chi connectivity index (χ1n) is 5.06. The Hall–Kier alpha value is -1.75. The molecule has 0 spiro atoms. The fourth-order valence-electron chi connectivity index (χ4n) is 1.31. The molecule has 4 nitrogen and oxygen atoms in total. The zero-order valence-electron chi connectivity index (χ0n) is 8.85. The van der Waals surface area contributed by atoms with Gasteiger partial charge in [0.15, 0.2) is 5.82 Å². The van der Waals surface area contributed by atoms with Crippen molar-refractivity contribution in [3.8, 4) is 11.5 Å². The van der Waals surface area contributed by atoms with Gasteiger partial charge in [0.05, 0.1) is 6.04 Å². The summed E-state index contributed by atoms with van der Waals surface area (Å²) in [5.74, 6) is 0.400. The van der Waals surface area contributed by atoms with Crippen LogP contribution in [0.25, 0.3) is 11.5 Å². The summed E-state index contributed by atoms with van der Waals surface area (Å²) in [5.41, 5.74) is 6.31. The number of aromatic nitrogens is 2. The lowest BCUT2D eigenvalue weighted by Gasteiger charge is -1.99. The van der Waals surface area contributed by atoms with Crippen LogP contribution in [0, 0.1) is 5.82 Å². The van der Waals surface area contributed by atoms with Gasteiger partial charge in [-0.15, -0.1) is 0 Å². The highest BCUT2D eigenvalue weighted by Crippen LogP contribution is 2.20. The molecule has 0 saturated carbocycles. The normalized spacial score (nSPS) is 12.7. The third kappa shape index (κ3) is 2.09. The summed E-state index contributed by atoms with van der Waals surface area (Å²) in [6.45, 7) is 1.93. The molecule has 0 amide bonds. The van der Waals surface area contributed by atoms with E-state index in [1.165, 1.54) is 12.1 Å². The van der Waals surface area contributed by atoms with E-state index in [2.05, 4.69) is 10.1 Å². The molecular formula is C11H12FN3O. The average molecular weight is 221 g/mol. The van der Waals surface area contributed by atoms with Crippen LogP contribution < -0.4 is 5.73 Å². The Kier molecular flexibility index (Phi) is 2.96. The summed E-state index contributed by atoms with van der Waals surface area (Å²) in [4.78, 5) is 4.12. The maximum Gasteiger partial charge on any atom is 0.258 e. The first-order valence-corrected chi connectivity index (χ1v) is 5.06. The maximum absolute atomic E-state index is 13.0. The number of hydrogen-bond acceptors (Lipinski definition) is 4. The van der Waals surface area contributed by atoms with Gasteiger partial charge < -0.3 is 10.3 Å². The second kappa shape index (κ2) is 4.40. The Balaban J connectivity index is 2.31. The van der Waals surface area contributed by atoms with E-state index < -0.39 is 0 Å². The van der Waals surface area contributed by atoms with Gasteiger partial charge in [-0.1, -0.05) is 18.1 Å². The molecule has 2 N–H and O–H groups in total. The standard InChI is InChI=1S/C11H12FN3O/c1-2-9(13)10-14-11(16-15-10)7-4-3-5-8(12)6-7/h3-6,9H,2,13H2,1H3. The first-order chi connectivity index (χ1) is 7.70. The molecule has 1 atom stereocenters. The monoisotopic (exact) mass is 221 g/mol. The van der Waals surface area contributed by atoms with Gasteiger partial charge in [-0.25, -0.2) is 4.39 Å². The molecule has 2 rings (SSSR count). The van der Waals surface area contributed by atoms with E-state index in [4.69, 9.17) is 10.3 Å². The summed E-state index contributed by atoms with van der Waals surface area (Å²) >= 11 is 0. The van der Waals surface area contributed by atoms with E-state index in [-0.39, 0.29) is 11.9 Å². The topological polar surface area (TPSA) is 64.9 Å². The Morgan fingerprint density at radius 1 is 1.50 bits per heavy atom. The summed E-state index contributed by atoms with van der Waals surface area (Å²) in [5, 5.41) is 3.76. The van der Waals surface area contributed by atoms with E-state index in [0.717, 1.165) is 6.42 Å². The van der Waals surface area contributed by atoms with Crippen LogP contribution in [0.1, 0.15) is 25.2 Å². The Morgan fingerprint density at radius 2 is 2.31 bits per heavy atom. The molecule has 1 aromatic carbocycles. The van der Waals surface area contributed by atoms with Crippen molar-refractivity contribution < 1.29 is 8.91 Å². The van der Waals surface area contributed by atoms with Gasteiger partial charge in [0.1, 0.15) is 5.82 Å². The number of nitrogens with zero attached hydrogens (tertiary/aromatic N) is 2. The summed E-state index contributed by atoms with van der Waals surface area (Å²) < 4.78 is 18.0. The molecule has 84 valence electrons. The van der Waals surface area contributed by atoms with Gasteiger partial charge in [-0.2, -0.15) is 4.98 Å². The third-order valence-corrected chi connectivity index (χ3v) is 2.28. The highest BCUT2D eigenvalue weighted by atomic mass is 19.1. The molecular weight excluding hydrogens is 209 g/mol. The van der Waals surface area contributed by atoms with E-state index in [9.17, 15) is 4.39 Å². The fraction of sp³-hybridized carbons (Fsp3) is 0.273. The van der Waals surface area contributed by atoms with Crippen LogP contribution in [0.4, 0.5) is 4.39 Å². The van der Waals surface area contributed by atoms with Gasteiger partial charge in [0.2, 0.25) is 0 Å². The molecule has 5 heteroatoms. The van der Waals surface area contributed by atoms with E-state index in [0.29, 0.717) is 17.3 Å². The lowest BCUT2D eigenvalue weighted by molar-refractivity contribution is 0.415. The highest BCUT2D eigenvalue weighted by molar-refractivity contribution is 5.52. The Labute approximate surface area is 92.3 Å². The zero-order chi connectivity index (χ0) is 11.5. The van der Waals surface area contributed by atoms with Crippen LogP contribution in [0.5, 0.6) is 0 Å². The third-order valence-electron chi connectivity index (χ3n) is 2.28. The quantitative estimate of drug-likeness (QED) is 0.863. The summed E-state index contributed by atoms with van der Waals surface area (Å²) in [6, 6.07) is 5.76. The smallest absolute Gasteiger partial charge is 0.258 e. The van der Waals surface area contributed by atoms with E-state index in [1.807, 2.05) is 6.92 Å². The molecule has 1 unspecified atom stereocenters. The molecule has 0 fully saturated rings. The number of benzene rings is 1. The molecule has 0 bridgehead atoms. The minimum Gasteiger partial charge on any atom is -0.334 e. The van der Waals surface area contributed by atoms with Crippen LogP contribution >= 0.6 is 0 Å². The predicted molar refractivity (Wildman–Crippen MR) is 56.9 cm³/mol. The van der Waals surface area contributed by atoms with Crippen molar-refractivity contribution in [1.82, 2.24) is 10.1 Å². The SMILES string of the molecule is CCC(N)c1noc(-c2cccc(F)c2)n1. The minimum atomic E-state index is -0.336. The van der Waals surface area contributed by atoms with Crippen LogP contribution in [0.2, 0.25) is 0 Å². The Morgan fingerprint density at radius 3 is 3.00 bits per heavy atom. The number of halogens is 1. The second-order valence-electron chi connectivity index (χ2n) is 3.48. The van der Waals surface area contributed by atoms with Gasteiger partial charge >= 0.3 is 0 Å². The van der Waals surface area contributed by atoms with E-state index in [1.54, 1.807) is 12.1 Å². The number of rotatable bonds is 3. The van der Waals surface area contributed by atoms with Crippen LogP contribution in [0.3, 0.4) is 0 Å². The first kappa shape index (κ1) is 10.8. The maximum atomic E-state index is 13.0. The van der Waals surface area contributed by atoms with Crippen molar-refractivity contribution in [3.63, 3.8) is 0 Å². The van der Waals surface area contributed by atoms with Crippen molar-refractivity contribution in [1.29, 1.82) is 0 Å². The lowest BCUT2D eigenvalue weighted by Crippen LogP contribution is -2.10. The molecule has 0 aliphatic carbocycles. The van der Waals surface area contributed by atoms with Crippen LogP contribution in [0.15, 0.2) is 28.8 Å². The van der Waals surface area contributed by atoms with Crippen molar-refractivity contribution in [3.05, 3.63) is 35.9 Å². The van der Waals surface area contributed by atoms with Crippen molar-refractivity contribution in [2.75, 3.05) is 0 Å². The largest absolute Gasteiger partial charge is 0.334 e. The van der Waals surface area contributed by atoms with Gasteiger partial charge in [-0.05, 0) is 24.6 Å². The molecule has 0 aliphatic heterocycles.